The van der Waals surface area contributed by atoms with Gasteiger partial charge < -0.3 is 15.4 Å². The van der Waals surface area contributed by atoms with Crippen LogP contribution in [-0.2, 0) is 14.3 Å². The zero-order valence-corrected chi connectivity index (χ0v) is 17.6. The van der Waals surface area contributed by atoms with Gasteiger partial charge in [-0.15, -0.1) is 0 Å². The van der Waals surface area contributed by atoms with E-state index in [9.17, 15) is 9.59 Å². The second-order valence-electron chi connectivity index (χ2n) is 9.24. The van der Waals surface area contributed by atoms with Crippen molar-refractivity contribution in [2.24, 2.45) is 11.1 Å². The predicted molar refractivity (Wildman–Crippen MR) is 112 cm³/mol. The molecular formula is C23H35N3O3. The average Bonchev–Trinajstić information content (AvgIpc) is 3.29. The third-order valence-corrected chi connectivity index (χ3v) is 7.72. The fraction of sp³-hybridized carbons (Fsp3) is 0.739. The van der Waals surface area contributed by atoms with Crippen molar-refractivity contribution in [2.45, 2.75) is 76.0 Å². The number of carbonyl (C=O) groups is 2. The van der Waals surface area contributed by atoms with Gasteiger partial charge in [0.05, 0.1) is 5.41 Å². The molecule has 1 aliphatic carbocycles. The highest BCUT2D eigenvalue weighted by Gasteiger charge is 2.59. The van der Waals surface area contributed by atoms with Crippen molar-refractivity contribution in [3.63, 3.8) is 0 Å². The molecule has 3 aliphatic heterocycles. The third kappa shape index (κ3) is 3.44. The molecule has 0 aromatic heterocycles. The standard InChI is InChI=1S/C23H35N3O3/c1-18-17-23(25-13-6-3-7-14-25,22(21(24)28)10-4-2-5-11-22)12-15-26(18)20(27)19-9-8-16-29-19/h2,4-5,10,18-19H,3,6-9,11-17H2,1H3,(H2,24,28). The number of primary amides is 1. The first-order valence-corrected chi connectivity index (χ1v) is 11.3. The van der Waals surface area contributed by atoms with Crippen LogP contribution in [0.25, 0.3) is 0 Å². The highest BCUT2D eigenvalue weighted by atomic mass is 16.5. The molecule has 3 fully saturated rings. The number of rotatable bonds is 4. The van der Waals surface area contributed by atoms with Gasteiger partial charge in [0.2, 0.25) is 5.91 Å². The van der Waals surface area contributed by atoms with Crippen LogP contribution < -0.4 is 5.73 Å². The molecule has 0 aromatic rings. The van der Waals surface area contributed by atoms with Gasteiger partial charge in [-0.3, -0.25) is 14.5 Å². The minimum Gasteiger partial charge on any atom is -0.369 e. The molecule has 2 N–H and O–H groups in total. The van der Waals surface area contributed by atoms with Gasteiger partial charge in [-0.2, -0.15) is 0 Å². The number of nitrogens with two attached hydrogens (primary N) is 1. The number of nitrogens with zero attached hydrogens (tertiary/aromatic N) is 2. The van der Waals surface area contributed by atoms with Gasteiger partial charge in [0, 0.05) is 24.7 Å². The second kappa shape index (κ2) is 8.23. The van der Waals surface area contributed by atoms with Gasteiger partial charge in [-0.1, -0.05) is 30.7 Å². The van der Waals surface area contributed by atoms with Crippen LogP contribution >= 0.6 is 0 Å². The Morgan fingerprint density at radius 2 is 1.90 bits per heavy atom. The van der Waals surface area contributed by atoms with Gasteiger partial charge >= 0.3 is 0 Å². The van der Waals surface area contributed by atoms with E-state index in [2.05, 4.69) is 17.9 Å². The largest absolute Gasteiger partial charge is 0.369 e. The van der Waals surface area contributed by atoms with Crippen LogP contribution in [-0.4, -0.2) is 65.5 Å². The lowest BCUT2D eigenvalue weighted by Gasteiger charge is -2.59. The minimum atomic E-state index is -0.716. The lowest BCUT2D eigenvalue weighted by atomic mass is 9.58. The molecule has 0 radical (unpaired) electrons. The molecule has 4 unspecified atom stereocenters. The molecule has 160 valence electrons. The van der Waals surface area contributed by atoms with E-state index in [1.165, 1.54) is 6.42 Å². The molecule has 0 saturated carbocycles. The van der Waals surface area contributed by atoms with E-state index in [-0.39, 0.29) is 29.5 Å². The summed E-state index contributed by atoms with van der Waals surface area (Å²) in [6, 6.07) is 0.0536. The fourth-order valence-corrected chi connectivity index (χ4v) is 6.19. The highest BCUT2D eigenvalue weighted by Crippen LogP contribution is 2.51. The summed E-state index contributed by atoms with van der Waals surface area (Å²) in [6.07, 6.45) is 15.3. The number of hydrogen-bond acceptors (Lipinski definition) is 4. The fourth-order valence-electron chi connectivity index (χ4n) is 6.19. The summed E-state index contributed by atoms with van der Waals surface area (Å²) in [5, 5.41) is 0. The Labute approximate surface area is 174 Å². The number of amides is 2. The van der Waals surface area contributed by atoms with Crippen LogP contribution in [0.1, 0.15) is 58.3 Å². The molecule has 4 rings (SSSR count). The zero-order valence-electron chi connectivity index (χ0n) is 17.6. The monoisotopic (exact) mass is 401 g/mol. The molecule has 3 heterocycles. The summed E-state index contributed by atoms with van der Waals surface area (Å²) in [6.45, 7) is 5.46. The number of allylic oxidation sites excluding steroid dienone is 3. The van der Waals surface area contributed by atoms with Crippen LogP contribution in [0.15, 0.2) is 24.3 Å². The quantitative estimate of drug-likeness (QED) is 0.785. The van der Waals surface area contributed by atoms with Gasteiger partial charge in [-0.25, -0.2) is 0 Å². The Kier molecular flexibility index (Phi) is 5.85. The number of ether oxygens (including phenoxy) is 1. The molecule has 0 bridgehead atoms. The van der Waals surface area contributed by atoms with Crippen molar-refractivity contribution in [3.8, 4) is 0 Å². The van der Waals surface area contributed by atoms with Gasteiger partial charge in [0.1, 0.15) is 6.10 Å². The first-order chi connectivity index (χ1) is 14.0. The first-order valence-electron chi connectivity index (χ1n) is 11.3. The Bertz CT molecular complexity index is 693. The molecule has 3 saturated heterocycles. The average molecular weight is 402 g/mol. The normalized spacial score (nSPS) is 38.3. The topological polar surface area (TPSA) is 75.9 Å². The molecule has 2 amide bonds. The van der Waals surface area contributed by atoms with E-state index >= 15 is 0 Å². The van der Waals surface area contributed by atoms with Crippen molar-refractivity contribution in [2.75, 3.05) is 26.2 Å². The number of piperidine rings is 2. The Morgan fingerprint density at radius 3 is 2.48 bits per heavy atom. The molecule has 0 spiro atoms. The van der Waals surface area contributed by atoms with Crippen molar-refractivity contribution in [1.82, 2.24) is 9.80 Å². The van der Waals surface area contributed by atoms with Crippen LogP contribution in [0.4, 0.5) is 0 Å². The van der Waals surface area contributed by atoms with Crippen molar-refractivity contribution >= 4 is 11.8 Å². The van der Waals surface area contributed by atoms with Crippen molar-refractivity contribution < 1.29 is 14.3 Å². The summed E-state index contributed by atoms with van der Waals surface area (Å²) in [4.78, 5) is 30.6. The zero-order chi connectivity index (χ0) is 20.5. The van der Waals surface area contributed by atoms with Crippen molar-refractivity contribution in [1.29, 1.82) is 0 Å². The second-order valence-corrected chi connectivity index (χ2v) is 9.24. The van der Waals surface area contributed by atoms with Crippen LogP contribution in [0, 0.1) is 5.41 Å². The lowest BCUT2D eigenvalue weighted by Crippen LogP contribution is -2.70. The van der Waals surface area contributed by atoms with Crippen LogP contribution in [0.3, 0.4) is 0 Å². The summed E-state index contributed by atoms with van der Waals surface area (Å²) in [7, 11) is 0. The number of carbonyl (C=O) groups excluding carboxylic acids is 2. The molecule has 0 aromatic carbocycles. The van der Waals surface area contributed by atoms with Gasteiger partial charge in [-0.05, 0) is 65.0 Å². The van der Waals surface area contributed by atoms with Crippen LogP contribution in [0.5, 0.6) is 0 Å². The van der Waals surface area contributed by atoms with E-state index < -0.39 is 5.41 Å². The molecule has 29 heavy (non-hydrogen) atoms. The molecule has 4 atom stereocenters. The van der Waals surface area contributed by atoms with Gasteiger partial charge in [0.25, 0.3) is 5.91 Å². The number of likely N-dealkylation sites (tertiary alicyclic amines) is 2. The van der Waals surface area contributed by atoms with E-state index in [0.29, 0.717) is 19.6 Å². The summed E-state index contributed by atoms with van der Waals surface area (Å²) in [5.41, 5.74) is 5.06. The molecule has 4 aliphatic rings. The van der Waals surface area contributed by atoms with E-state index in [0.717, 1.165) is 51.6 Å². The highest BCUT2D eigenvalue weighted by molar-refractivity contribution is 5.86. The predicted octanol–water partition coefficient (Wildman–Crippen LogP) is 2.39. The Balaban J connectivity index is 1.65. The van der Waals surface area contributed by atoms with E-state index in [4.69, 9.17) is 10.5 Å². The molecular weight excluding hydrogens is 366 g/mol. The van der Waals surface area contributed by atoms with E-state index in [1.54, 1.807) is 0 Å². The maximum absolute atomic E-state index is 13.1. The Hall–Kier alpha value is -1.66. The lowest BCUT2D eigenvalue weighted by molar-refractivity contribution is -0.154. The Morgan fingerprint density at radius 1 is 1.10 bits per heavy atom. The van der Waals surface area contributed by atoms with E-state index in [1.807, 2.05) is 23.1 Å². The van der Waals surface area contributed by atoms with Crippen LogP contribution in [0.2, 0.25) is 0 Å². The SMILES string of the molecule is CC1CC(N2CCCCC2)(C2(C(N)=O)C=CC=CC2)CCN1C(=O)C1CCCO1. The maximum Gasteiger partial charge on any atom is 0.251 e. The molecule has 6 heteroatoms. The summed E-state index contributed by atoms with van der Waals surface area (Å²) in [5.74, 6) is -0.121. The van der Waals surface area contributed by atoms with Gasteiger partial charge in [0.15, 0.2) is 0 Å². The third-order valence-electron chi connectivity index (χ3n) is 7.72. The summed E-state index contributed by atoms with van der Waals surface area (Å²) < 4.78 is 5.66. The molecule has 6 nitrogen and oxygen atoms in total. The summed E-state index contributed by atoms with van der Waals surface area (Å²) >= 11 is 0. The first kappa shape index (κ1) is 20.6. The smallest absolute Gasteiger partial charge is 0.251 e. The van der Waals surface area contributed by atoms with Crippen molar-refractivity contribution in [3.05, 3.63) is 24.3 Å². The number of hydrogen-bond donors (Lipinski definition) is 1. The maximum atomic E-state index is 13.1. The minimum absolute atomic E-state index is 0.0536.